The van der Waals surface area contributed by atoms with Gasteiger partial charge in [-0.25, -0.2) is 0 Å². The molecule has 6 nitrogen and oxygen atoms in total. The van der Waals surface area contributed by atoms with Crippen LogP contribution in [0.5, 0.6) is 11.5 Å². The van der Waals surface area contributed by atoms with Crippen molar-refractivity contribution in [1.82, 2.24) is 14.7 Å². The monoisotopic (exact) mass is 369 g/mol. The molecular weight excluding hydrogens is 351 g/mol. The van der Waals surface area contributed by atoms with E-state index >= 15 is 0 Å². The molecule has 2 aromatic rings. The Labute approximate surface area is 148 Å². The van der Waals surface area contributed by atoms with E-state index in [9.17, 15) is 18.0 Å². The lowest BCUT2D eigenvalue weighted by atomic mass is 9.98. The smallest absolute Gasteiger partial charge is 0.435 e. The van der Waals surface area contributed by atoms with Gasteiger partial charge in [0, 0.05) is 19.3 Å². The van der Waals surface area contributed by atoms with Crippen molar-refractivity contribution in [2.24, 2.45) is 0 Å². The molecule has 0 saturated carbocycles. The molecule has 0 fully saturated rings. The predicted molar refractivity (Wildman–Crippen MR) is 85.9 cm³/mol. The zero-order valence-corrected chi connectivity index (χ0v) is 14.3. The highest BCUT2D eigenvalue weighted by molar-refractivity contribution is 5.76. The van der Waals surface area contributed by atoms with Crippen molar-refractivity contribution in [3.63, 3.8) is 0 Å². The first-order valence-electron chi connectivity index (χ1n) is 7.94. The van der Waals surface area contributed by atoms with Crippen LogP contribution in [0.3, 0.4) is 0 Å². The summed E-state index contributed by atoms with van der Waals surface area (Å²) < 4.78 is 49.4. The second-order valence-electron chi connectivity index (χ2n) is 5.94. The van der Waals surface area contributed by atoms with Crippen LogP contribution in [0.1, 0.15) is 16.8 Å². The Morgan fingerprint density at radius 2 is 1.85 bits per heavy atom. The molecule has 0 N–H and O–H groups in total. The summed E-state index contributed by atoms with van der Waals surface area (Å²) in [4.78, 5) is 14.0. The van der Waals surface area contributed by atoms with Gasteiger partial charge in [0.1, 0.15) is 6.54 Å². The Kier molecular flexibility index (Phi) is 4.80. The number of aromatic nitrogens is 2. The SMILES string of the molecule is COc1cc2c(cc1OC)CN(C(=O)Cn1ccc(C(F)(F)F)n1)CC2. The van der Waals surface area contributed by atoms with Crippen molar-refractivity contribution >= 4 is 5.91 Å². The van der Waals surface area contributed by atoms with Gasteiger partial charge in [0.15, 0.2) is 17.2 Å². The molecule has 3 rings (SSSR count). The Hall–Kier alpha value is -2.71. The number of fused-ring (bicyclic) bond motifs is 1. The van der Waals surface area contributed by atoms with Gasteiger partial charge in [-0.05, 0) is 35.7 Å². The molecule has 9 heteroatoms. The Morgan fingerprint density at radius 3 is 2.42 bits per heavy atom. The number of carbonyl (C=O) groups excluding carboxylic acids is 1. The van der Waals surface area contributed by atoms with Crippen molar-refractivity contribution in [3.05, 3.63) is 41.2 Å². The molecule has 0 bridgehead atoms. The number of carbonyl (C=O) groups is 1. The Morgan fingerprint density at radius 1 is 1.19 bits per heavy atom. The number of halogens is 3. The maximum atomic E-state index is 12.6. The number of benzene rings is 1. The molecule has 0 spiro atoms. The van der Waals surface area contributed by atoms with E-state index in [4.69, 9.17) is 9.47 Å². The summed E-state index contributed by atoms with van der Waals surface area (Å²) in [6.07, 6.45) is -2.73. The second kappa shape index (κ2) is 6.89. The molecular formula is C17H18F3N3O3. The average molecular weight is 369 g/mol. The first-order valence-corrected chi connectivity index (χ1v) is 7.94. The van der Waals surface area contributed by atoms with Gasteiger partial charge in [0.2, 0.25) is 5.91 Å². The number of nitrogens with zero attached hydrogens (tertiary/aromatic N) is 3. The number of ether oxygens (including phenoxy) is 2. The normalized spacial score (nSPS) is 14.1. The minimum absolute atomic E-state index is 0.237. The molecule has 0 unspecified atom stereocenters. The molecule has 1 amide bonds. The molecule has 1 aliphatic heterocycles. The molecule has 26 heavy (non-hydrogen) atoms. The minimum Gasteiger partial charge on any atom is -0.493 e. The molecule has 0 saturated heterocycles. The summed E-state index contributed by atoms with van der Waals surface area (Å²) in [5.74, 6) is 0.909. The third-order valence-electron chi connectivity index (χ3n) is 4.30. The third-order valence-corrected chi connectivity index (χ3v) is 4.30. The zero-order chi connectivity index (χ0) is 18.9. The Bertz CT molecular complexity index is 817. The van der Waals surface area contributed by atoms with Crippen LogP contribution in [0.25, 0.3) is 0 Å². The number of amides is 1. The summed E-state index contributed by atoms with van der Waals surface area (Å²) in [7, 11) is 3.09. The summed E-state index contributed by atoms with van der Waals surface area (Å²) in [5.41, 5.74) is 0.981. The quantitative estimate of drug-likeness (QED) is 0.831. The molecule has 0 aliphatic carbocycles. The van der Waals surface area contributed by atoms with Crippen molar-refractivity contribution in [1.29, 1.82) is 0 Å². The van der Waals surface area contributed by atoms with Gasteiger partial charge < -0.3 is 14.4 Å². The molecule has 0 radical (unpaired) electrons. The molecule has 1 aromatic heterocycles. The number of alkyl halides is 3. The number of hydrogen-bond donors (Lipinski definition) is 0. The van der Waals surface area contributed by atoms with Crippen molar-refractivity contribution in [3.8, 4) is 11.5 Å². The van der Waals surface area contributed by atoms with Crippen molar-refractivity contribution in [2.75, 3.05) is 20.8 Å². The molecule has 0 atom stereocenters. The standard InChI is InChI=1S/C17H18F3N3O3/c1-25-13-7-11-3-5-22(9-12(11)8-14(13)26-2)16(24)10-23-6-4-15(21-23)17(18,19)20/h4,6-8H,3,5,9-10H2,1-2H3. The van der Waals surface area contributed by atoms with Gasteiger partial charge in [0.05, 0.1) is 14.2 Å². The second-order valence-corrected chi connectivity index (χ2v) is 5.94. The van der Waals surface area contributed by atoms with E-state index in [1.807, 2.05) is 12.1 Å². The van der Waals surface area contributed by atoms with Crippen molar-refractivity contribution in [2.45, 2.75) is 25.7 Å². The average Bonchev–Trinajstić information content (AvgIpc) is 3.08. The summed E-state index contributed by atoms with van der Waals surface area (Å²) in [6.45, 7) is 0.606. The molecule has 140 valence electrons. The topological polar surface area (TPSA) is 56.6 Å². The predicted octanol–water partition coefficient (Wildman–Crippen LogP) is 2.50. The lowest BCUT2D eigenvalue weighted by Crippen LogP contribution is -2.38. The minimum atomic E-state index is -4.52. The fraction of sp³-hybridized carbons (Fsp3) is 0.412. The van der Waals surface area contributed by atoms with Gasteiger partial charge in [-0.3, -0.25) is 9.48 Å². The number of hydrogen-bond acceptors (Lipinski definition) is 4. The van der Waals surface area contributed by atoms with Crippen LogP contribution in [0.15, 0.2) is 24.4 Å². The lowest BCUT2D eigenvalue weighted by Gasteiger charge is -2.29. The van der Waals surface area contributed by atoms with Crippen LogP contribution in [0.4, 0.5) is 13.2 Å². The summed E-state index contributed by atoms with van der Waals surface area (Å²) in [5, 5.41) is 3.42. The third kappa shape index (κ3) is 3.61. The highest BCUT2D eigenvalue weighted by Crippen LogP contribution is 2.33. The van der Waals surface area contributed by atoms with Crippen LogP contribution in [0, 0.1) is 0 Å². The number of methoxy groups -OCH3 is 2. The van der Waals surface area contributed by atoms with E-state index in [1.54, 1.807) is 12.0 Å². The van der Waals surface area contributed by atoms with E-state index in [1.165, 1.54) is 7.11 Å². The molecule has 2 heterocycles. The van der Waals surface area contributed by atoms with Crippen LogP contribution >= 0.6 is 0 Å². The highest BCUT2D eigenvalue weighted by Gasteiger charge is 2.34. The van der Waals surface area contributed by atoms with E-state index in [0.29, 0.717) is 31.0 Å². The van der Waals surface area contributed by atoms with Gasteiger partial charge in [-0.1, -0.05) is 0 Å². The lowest BCUT2D eigenvalue weighted by molar-refractivity contribution is -0.142. The maximum absolute atomic E-state index is 12.6. The van der Waals surface area contributed by atoms with Crippen molar-refractivity contribution < 1.29 is 27.4 Å². The molecule has 1 aliphatic rings. The Balaban J connectivity index is 1.72. The summed E-state index contributed by atoms with van der Waals surface area (Å²) >= 11 is 0. The first kappa shape index (κ1) is 18.1. The van der Waals surface area contributed by atoms with Crippen LogP contribution in [-0.4, -0.2) is 41.4 Å². The van der Waals surface area contributed by atoms with Crippen LogP contribution < -0.4 is 9.47 Å². The van der Waals surface area contributed by atoms with Crippen LogP contribution in [0.2, 0.25) is 0 Å². The van der Waals surface area contributed by atoms with E-state index in [-0.39, 0.29) is 12.5 Å². The molecule has 1 aromatic carbocycles. The van der Waals surface area contributed by atoms with Gasteiger partial charge >= 0.3 is 6.18 Å². The maximum Gasteiger partial charge on any atom is 0.435 e. The van der Waals surface area contributed by atoms with Gasteiger partial charge in [-0.15, -0.1) is 0 Å². The zero-order valence-electron chi connectivity index (χ0n) is 14.3. The largest absolute Gasteiger partial charge is 0.493 e. The highest BCUT2D eigenvalue weighted by atomic mass is 19.4. The summed E-state index contributed by atoms with van der Waals surface area (Å²) in [6, 6.07) is 4.57. The van der Waals surface area contributed by atoms with Crippen LogP contribution in [-0.2, 0) is 30.5 Å². The van der Waals surface area contributed by atoms with E-state index < -0.39 is 11.9 Å². The fourth-order valence-corrected chi connectivity index (χ4v) is 2.94. The van der Waals surface area contributed by atoms with E-state index in [0.717, 1.165) is 28.1 Å². The first-order chi connectivity index (χ1) is 12.3. The van der Waals surface area contributed by atoms with E-state index in [2.05, 4.69) is 5.10 Å². The fourth-order valence-electron chi connectivity index (χ4n) is 2.94. The number of rotatable bonds is 4. The van der Waals surface area contributed by atoms with Gasteiger partial charge in [0.25, 0.3) is 0 Å². The van der Waals surface area contributed by atoms with Gasteiger partial charge in [-0.2, -0.15) is 18.3 Å².